The van der Waals surface area contributed by atoms with E-state index in [1.165, 1.54) is 0 Å². The summed E-state index contributed by atoms with van der Waals surface area (Å²) in [5.41, 5.74) is 6.62. The van der Waals surface area contributed by atoms with Gasteiger partial charge in [0.1, 0.15) is 23.1 Å². The molecule has 2 aromatic rings. The van der Waals surface area contributed by atoms with E-state index in [4.69, 9.17) is 30.1 Å². The predicted molar refractivity (Wildman–Crippen MR) is 164 cm³/mol. The monoisotopic (exact) mass is 591 g/mol. The third-order valence-corrected chi connectivity index (χ3v) is 6.11. The third-order valence-electron chi connectivity index (χ3n) is 6.11. The topological polar surface area (TPSA) is 124 Å². The van der Waals surface area contributed by atoms with Gasteiger partial charge in [-0.15, -0.1) is 12.4 Å². The van der Waals surface area contributed by atoms with Crippen molar-refractivity contribution in [1.29, 1.82) is 5.41 Å². The van der Waals surface area contributed by atoms with Crippen LogP contribution in [0.5, 0.6) is 17.2 Å². The van der Waals surface area contributed by atoms with Crippen LogP contribution in [0, 0.1) is 5.41 Å². The lowest BCUT2D eigenvalue weighted by Crippen LogP contribution is -2.42. The highest BCUT2D eigenvalue weighted by Crippen LogP contribution is 2.28. The molecule has 0 saturated heterocycles. The van der Waals surface area contributed by atoms with Crippen molar-refractivity contribution in [3.8, 4) is 17.2 Å². The molecule has 0 aliphatic carbocycles. The zero-order valence-electron chi connectivity index (χ0n) is 24.9. The van der Waals surface area contributed by atoms with E-state index in [9.17, 15) is 9.59 Å². The average molecular weight is 592 g/mol. The lowest BCUT2D eigenvalue weighted by molar-refractivity contribution is -0.143. The highest BCUT2D eigenvalue weighted by molar-refractivity contribution is 5.97. The van der Waals surface area contributed by atoms with Gasteiger partial charge < -0.3 is 29.6 Å². The predicted octanol–water partition coefficient (Wildman–Crippen LogP) is 6.00. The number of hydrogen-bond acceptors (Lipinski definition) is 7. The Balaban J connectivity index is 0.00000840. The minimum Gasteiger partial charge on any atom is -0.494 e. The molecule has 0 unspecified atom stereocenters. The smallest absolute Gasteiger partial charge is 0.305 e. The number of carbonyl (C=O) groups excluding carboxylic acids is 2. The molecule has 0 aliphatic rings. The number of unbranched alkanes of at least 4 members (excludes halogenated alkanes) is 2. The molecule has 0 spiro atoms. The zero-order valence-corrected chi connectivity index (χ0v) is 25.8. The van der Waals surface area contributed by atoms with Crippen molar-refractivity contribution in [3.63, 3.8) is 0 Å². The van der Waals surface area contributed by atoms with Crippen molar-refractivity contribution in [3.05, 3.63) is 53.6 Å². The summed E-state index contributed by atoms with van der Waals surface area (Å²) in [4.78, 5) is 26.9. The molecule has 3 N–H and O–H groups in total. The SMILES string of the molecule is CCOC(=O)CCCOc1cc(OCCCCCOc2ccc(C(=N)N)cc2)ccc1C(=O)N(C(C)C)C(C)C.Cl. The molecule has 228 valence electrons. The first-order valence-electron chi connectivity index (χ1n) is 14.1. The third kappa shape index (κ3) is 12.3. The van der Waals surface area contributed by atoms with Crippen molar-refractivity contribution < 1.29 is 28.5 Å². The van der Waals surface area contributed by atoms with E-state index >= 15 is 0 Å². The molecule has 0 fully saturated rings. The summed E-state index contributed by atoms with van der Waals surface area (Å²) in [6, 6.07) is 12.5. The van der Waals surface area contributed by atoms with E-state index < -0.39 is 0 Å². The van der Waals surface area contributed by atoms with Gasteiger partial charge in [-0.05, 0) is 96.7 Å². The van der Waals surface area contributed by atoms with Crippen LogP contribution in [-0.2, 0) is 9.53 Å². The Morgan fingerprint density at radius 2 is 1.39 bits per heavy atom. The standard InChI is InChI=1S/C31H45N3O6.ClH/c1-6-37-29(35)11-10-20-40-28-21-26(16-17-27(28)31(36)34(22(2)3)23(4)5)39-19-9-7-8-18-38-25-14-12-24(13-15-25)30(32)33;/h12-17,21-23H,6-11,18-20H2,1-5H3,(H3,32,33);1H. The summed E-state index contributed by atoms with van der Waals surface area (Å²) in [6.07, 6.45) is 3.39. The maximum atomic E-state index is 13.4. The fourth-order valence-electron chi connectivity index (χ4n) is 4.22. The minimum absolute atomic E-state index is 0. The average Bonchev–Trinajstić information content (AvgIpc) is 2.90. The molecule has 0 heterocycles. The number of amides is 1. The summed E-state index contributed by atoms with van der Waals surface area (Å²) in [5, 5.41) is 7.44. The second kappa shape index (κ2) is 18.8. The highest BCUT2D eigenvalue weighted by Gasteiger charge is 2.25. The number of nitrogen functional groups attached to an aromatic ring is 1. The van der Waals surface area contributed by atoms with E-state index in [2.05, 4.69) is 0 Å². The molecule has 0 aliphatic heterocycles. The second-order valence-electron chi connectivity index (χ2n) is 10.0. The van der Waals surface area contributed by atoms with Crippen LogP contribution in [0.25, 0.3) is 0 Å². The Kier molecular flexibility index (Phi) is 16.3. The van der Waals surface area contributed by atoms with Gasteiger partial charge in [-0.25, -0.2) is 0 Å². The number of benzene rings is 2. The number of rotatable bonds is 18. The van der Waals surface area contributed by atoms with E-state index in [0.717, 1.165) is 25.0 Å². The van der Waals surface area contributed by atoms with Crippen molar-refractivity contribution in [2.24, 2.45) is 5.73 Å². The molecule has 9 nitrogen and oxygen atoms in total. The van der Waals surface area contributed by atoms with Gasteiger partial charge in [-0.2, -0.15) is 0 Å². The molecule has 0 atom stereocenters. The van der Waals surface area contributed by atoms with Crippen LogP contribution in [0.4, 0.5) is 0 Å². The van der Waals surface area contributed by atoms with Gasteiger partial charge in [0.05, 0.1) is 32.0 Å². The first-order chi connectivity index (χ1) is 19.1. The summed E-state index contributed by atoms with van der Waals surface area (Å²) < 4.78 is 22.7. The van der Waals surface area contributed by atoms with Crippen LogP contribution >= 0.6 is 12.4 Å². The maximum Gasteiger partial charge on any atom is 0.305 e. The van der Waals surface area contributed by atoms with Gasteiger partial charge in [0, 0.05) is 30.1 Å². The van der Waals surface area contributed by atoms with Gasteiger partial charge in [0.2, 0.25) is 0 Å². The zero-order chi connectivity index (χ0) is 29.5. The fourth-order valence-corrected chi connectivity index (χ4v) is 4.22. The van der Waals surface area contributed by atoms with Crippen LogP contribution in [0.3, 0.4) is 0 Å². The van der Waals surface area contributed by atoms with Crippen LogP contribution in [0.15, 0.2) is 42.5 Å². The Labute approximate surface area is 250 Å². The van der Waals surface area contributed by atoms with Crippen molar-refractivity contribution in [1.82, 2.24) is 4.90 Å². The highest BCUT2D eigenvalue weighted by atomic mass is 35.5. The summed E-state index contributed by atoms with van der Waals surface area (Å²) in [7, 11) is 0. The first kappa shape index (κ1) is 35.6. The molecular weight excluding hydrogens is 546 g/mol. The van der Waals surface area contributed by atoms with Crippen molar-refractivity contribution in [2.45, 2.75) is 78.8 Å². The number of hydrogen-bond donors (Lipinski definition) is 2. The normalized spacial score (nSPS) is 10.6. The Bertz CT molecular complexity index is 1080. The molecular formula is C31H46ClN3O6. The second-order valence-corrected chi connectivity index (χ2v) is 10.0. The van der Waals surface area contributed by atoms with Crippen LogP contribution < -0.4 is 19.9 Å². The Morgan fingerprint density at radius 3 is 1.95 bits per heavy atom. The number of nitrogens with one attached hydrogen (secondary N) is 1. The van der Waals surface area contributed by atoms with Gasteiger partial charge >= 0.3 is 5.97 Å². The van der Waals surface area contributed by atoms with E-state index in [1.807, 2.05) is 44.7 Å². The number of carbonyl (C=O) groups is 2. The lowest BCUT2D eigenvalue weighted by atomic mass is 10.1. The van der Waals surface area contributed by atoms with Crippen LogP contribution in [-0.4, -0.2) is 61.1 Å². The van der Waals surface area contributed by atoms with Gasteiger partial charge in [-0.1, -0.05) is 0 Å². The first-order valence-corrected chi connectivity index (χ1v) is 14.1. The number of nitrogens with two attached hydrogens (primary N) is 1. The van der Waals surface area contributed by atoms with Gasteiger partial charge in [0.15, 0.2) is 0 Å². The van der Waals surface area contributed by atoms with E-state index in [-0.39, 0.29) is 55.2 Å². The molecule has 0 aromatic heterocycles. The molecule has 0 saturated carbocycles. The lowest BCUT2D eigenvalue weighted by Gasteiger charge is -2.31. The molecule has 1 amide bonds. The Hall–Kier alpha value is -3.46. The molecule has 2 aromatic carbocycles. The number of ether oxygens (including phenoxy) is 4. The molecule has 0 radical (unpaired) electrons. The van der Waals surface area contributed by atoms with Crippen molar-refractivity contribution in [2.75, 3.05) is 26.4 Å². The summed E-state index contributed by atoms with van der Waals surface area (Å²) in [6.45, 7) is 11.5. The number of halogens is 1. The summed E-state index contributed by atoms with van der Waals surface area (Å²) in [5.74, 6) is 1.49. The Morgan fingerprint density at radius 1 is 0.829 bits per heavy atom. The fraction of sp³-hybridized carbons (Fsp3) is 0.516. The largest absolute Gasteiger partial charge is 0.494 e. The van der Waals surface area contributed by atoms with Crippen molar-refractivity contribution >= 4 is 30.1 Å². The van der Waals surface area contributed by atoms with Gasteiger partial charge in [-0.3, -0.25) is 15.0 Å². The van der Waals surface area contributed by atoms with E-state index in [1.54, 1.807) is 37.3 Å². The maximum absolute atomic E-state index is 13.4. The minimum atomic E-state index is -0.262. The van der Waals surface area contributed by atoms with E-state index in [0.29, 0.717) is 48.9 Å². The number of esters is 1. The molecule has 41 heavy (non-hydrogen) atoms. The van der Waals surface area contributed by atoms with Crippen LogP contribution in [0.2, 0.25) is 0 Å². The quantitative estimate of drug-likeness (QED) is 0.0942. The molecule has 10 heteroatoms. The number of nitrogens with zero attached hydrogens (tertiary/aromatic N) is 1. The van der Waals surface area contributed by atoms with Gasteiger partial charge in [0.25, 0.3) is 5.91 Å². The summed E-state index contributed by atoms with van der Waals surface area (Å²) >= 11 is 0. The van der Waals surface area contributed by atoms with Crippen LogP contribution in [0.1, 0.15) is 82.6 Å². The molecule has 2 rings (SSSR count). The molecule has 0 bridgehead atoms. The number of amidine groups is 1.